The number of piperidine rings is 1. The lowest BCUT2D eigenvalue weighted by molar-refractivity contribution is -0.132. The Bertz CT molecular complexity index is 477. The predicted molar refractivity (Wildman–Crippen MR) is 71.2 cm³/mol. The molecule has 2 fully saturated rings. The summed E-state index contributed by atoms with van der Waals surface area (Å²) >= 11 is 0. The van der Waals surface area contributed by atoms with Crippen molar-refractivity contribution >= 4 is 5.91 Å². The van der Waals surface area contributed by atoms with Gasteiger partial charge >= 0.3 is 0 Å². The van der Waals surface area contributed by atoms with Crippen LogP contribution < -0.4 is 5.32 Å². The lowest BCUT2D eigenvalue weighted by Gasteiger charge is -2.34. The lowest BCUT2D eigenvalue weighted by Crippen LogP contribution is -2.44. The van der Waals surface area contributed by atoms with Crippen molar-refractivity contribution < 1.29 is 9.18 Å². The molecule has 0 aromatic heterocycles. The second-order valence-corrected chi connectivity index (χ2v) is 5.58. The third-order valence-electron chi connectivity index (χ3n) is 4.36. The maximum Gasteiger partial charge on any atom is 0.227 e. The molecule has 3 rings (SSSR count). The van der Waals surface area contributed by atoms with E-state index in [2.05, 4.69) is 5.32 Å². The number of fused-ring (bicyclic) bond motifs is 1. The van der Waals surface area contributed by atoms with E-state index >= 15 is 0 Å². The Morgan fingerprint density at radius 3 is 2.95 bits per heavy atom. The summed E-state index contributed by atoms with van der Waals surface area (Å²) in [6, 6.07) is 6.53. The molecule has 2 unspecified atom stereocenters. The number of likely N-dealkylation sites (tertiary alicyclic amines) is 1. The van der Waals surface area contributed by atoms with E-state index in [1.54, 1.807) is 18.2 Å². The molecule has 1 amide bonds. The highest BCUT2D eigenvalue weighted by molar-refractivity contribution is 5.79. The number of carbonyl (C=O) groups excluding carboxylic acids is 1. The average molecular weight is 262 g/mol. The highest BCUT2D eigenvalue weighted by atomic mass is 19.1. The molecule has 0 aliphatic carbocycles. The van der Waals surface area contributed by atoms with E-state index in [-0.39, 0.29) is 18.1 Å². The second kappa shape index (κ2) is 5.29. The van der Waals surface area contributed by atoms with Crippen LogP contribution in [0.5, 0.6) is 0 Å². The Kier molecular flexibility index (Phi) is 3.51. The zero-order valence-electron chi connectivity index (χ0n) is 10.9. The summed E-state index contributed by atoms with van der Waals surface area (Å²) in [5.41, 5.74) is 0.499. The smallest absolute Gasteiger partial charge is 0.227 e. The SMILES string of the molecule is O=C(Cc1ccccc1F)N1CCC2CNCC2C1. The first-order chi connectivity index (χ1) is 9.24. The normalized spacial score (nSPS) is 26.3. The fraction of sp³-hybridized carbons (Fsp3) is 0.533. The van der Waals surface area contributed by atoms with E-state index in [1.807, 2.05) is 4.90 Å². The van der Waals surface area contributed by atoms with Gasteiger partial charge in [-0.2, -0.15) is 0 Å². The van der Waals surface area contributed by atoms with E-state index in [1.165, 1.54) is 6.07 Å². The molecule has 1 N–H and O–H groups in total. The van der Waals surface area contributed by atoms with Gasteiger partial charge in [0.25, 0.3) is 0 Å². The number of hydrogen-bond donors (Lipinski definition) is 1. The molecule has 2 saturated heterocycles. The van der Waals surface area contributed by atoms with Crippen LogP contribution in [-0.2, 0) is 11.2 Å². The largest absolute Gasteiger partial charge is 0.342 e. The molecule has 0 radical (unpaired) electrons. The number of nitrogens with zero attached hydrogens (tertiary/aromatic N) is 1. The number of hydrogen-bond acceptors (Lipinski definition) is 2. The minimum atomic E-state index is -0.284. The van der Waals surface area contributed by atoms with Crippen LogP contribution in [0.15, 0.2) is 24.3 Å². The van der Waals surface area contributed by atoms with Crippen molar-refractivity contribution in [3.8, 4) is 0 Å². The van der Waals surface area contributed by atoms with Crippen LogP contribution in [0.4, 0.5) is 4.39 Å². The van der Waals surface area contributed by atoms with E-state index in [0.29, 0.717) is 11.5 Å². The van der Waals surface area contributed by atoms with Crippen LogP contribution in [0, 0.1) is 17.7 Å². The van der Waals surface area contributed by atoms with Crippen molar-refractivity contribution in [3.05, 3.63) is 35.6 Å². The molecular formula is C15H19FN2O. The molecule has 2 aliphatic rings. The van der Waals surface area contributed by atoms with Crippen molar-refractivity contribution in [3.63, 3.8) is 0 Å². The highest BCUT2D eigenvalue weighted by Crippen LogP contribution is 2.26. The Morgan fingerprint density at radius 1 is 1.32 bits per heavy atom. The molecule has 2 atom stereocenters. The molecule has 0 spiro atoms. The summed E-state index contributed by atoms with van der Waals surface area (Å²) in [7, 11) is 0. The zero-order chi connectivity index (χ0) is 13.2. The topological polar surface area (TPSA) is 32.3 Å². The van der Waals surface area contributed by atoms with Gasteiger partial charge in [-0.25, -0.2) is 4.39 Å². The van der Waals surface area contributed by atoms with Gasteiger partial charge in [0.2, 0.25) is 5.91 Å². The third kappa shape index (κ3) is 2.63. The summed E-state index contributed by atoms with van der Waals surface area (Å²) in [4.78, 5) is 14.2. The molecule has 19 heavy (non-hydrogen) atoms. The molecule has 2 aliphatic heterocycles. The molecular weight excluding hydrogens is 243 g/mol. The van der Waals surface area contributed by atoms with Gasteiger partial charge in [0.05, 0.1) is 6.42 Å². The van der Waals surface area contributed by atoms with E-state index in [4.69, 9.17) is 0 Å². The first-order valence-electron chi connectivity index (χ1n) is 6.96. The van der Waals surface area contributed by atoms with E-state index in [9.17, 15) is 9.18 Å². The van der Waals surface area contributed by atoms with Crippen LogP contribution in [-0.4, -0.2) is 37.0 Å². The summed E-state index contributed by atoms with van der Waals surface area (Å²) in [6.07, 6.45) is 1.25. The van der Waals surface area contributed by atoms with Gasteiger partial charge in [-0.15, -0.1) is 0 Å². The number of benzene rings is 1. The lowest BCUT2D eigenvalue weighted by atomic mass is 9.88. The van der Waals surface area contributed by atoms with Crippen molar-refractivity contribution in [2.24, 2.45) is 11.8 Å². The third-order valence-corrected chi connectivity index (χ3v) is 4.36. The van der Waals surface area contributed by atoms with Crippen LogP contribution in [0.1, 0.15) is 12.0 Å². The van der Waals surface area contributed by atoms with Gasteiger partial charge in [-0.05, 0) is 43.0 Å². The minimum Gasteiger partial charge on any atom is -0.342 e. The van der Waals surface area contributed by atoms with Crippen LogP contribution in [0.3, 0.4) is 0 Å². The van der Waals surface area contributed by atoms with Crippen molar-refractivity contribution in [2.45, 2.75) is 12.8 Å². The number of carbonyl (C=O) groups is 1. The quantitative estimate of drug-likeness (QED) is 0.874. The summed E-state index contributed by atoms with van der Waals surface area (Å²) in [6.45, 7) is 3.73. The predicted octanol–water partition coefficient (Wildman–Crippen LogP) is 1.44. The van der Waals surface area contributed by atoms with Crippen LogP contribution in [0.2, 0.25) is 0 Å². The maximum atomic E-state index is 13.6. The summed E-state index contributed by atoms with van der Waals surface area (Å²) in [5.74, 6) is 1.07. The molecule has 1 aromatic rings. The van der Waals surface area contributed by atoms with Crippen LogP contribution in [0.25, 0.3) is 0 Å². The number of rotatable bonds is 2. The van der Waals surface area contributed by atoms with Crippen molar-refractivity contribution in [1.82, 2.24) is 10.2 Å². The monoisotopic (exact) mass is 262 g/mol. The number of nitrogens with one attached hydrogen (secondary N) is 1. The first kappa shape index (κ1) is 12.6. The minimum absolute atomic E-state index is 0.0513. The van der Waals surface area contributed by atoms with Gasteiger partial charge in [0.15, 0.2) is 0 Å². The second-order valence-electron chi connectivity index (χ2n) is 5.58. The van der Waals surface area contributed by atoms with Gasteiger partial charge in [-0.1, -0.05) is 18.2 Å². The summed E-state index contributed by atoms with van der Waals surface area (Å²) in [5, 5.41) is 3.38. The van der Waals surface area contributed by atoms with Crippen LogP contribution >= 0.6 is 0 Å². The fourth-order valence-electron chi connectivity index (χ4n) is 3.18. The van der Waals surface area contributed by atoms with Crippen molar-refractivity contribution in [2.75, 3.05) is 26.2 Å². The van der Waals surface area contributed by atoms with E-state index < -0.39 is 0 Å². The molecule has 102 valence electrons. The molecule has 0 saturated carbocycles. The molecule has 3 nitrogen and oxygen atoms in total. The van der Waals surface area contributed by atoms with Gasteiger partial charge in [-0.3, -0.25) is 4.79 Å². The van der Waals surface area contributed by atoms with Gasteiger partial charge in [0, 0.05) is 13.1 Å². The maximum absolute atomic E-state index is 13.6. The molecule has 2 heterocycles. The Balaban J connectivity index is 1.63. The molecule has 0 bridgehead atoms. The highest BCUT2D eigenvalue weighted by Gasteiger charge is 2.34. The average Bonchev–Trinajstić information content (AvgIpc) is 2.88. The first-order valence-corrected chi connectivity index (χ1v) is 6.96. The Morgan fingerprint density at radius 2 is 2.11 bits per heavy atom. The molecule has 4 heteroatoms. The van der Waals surface area contributed by atoms with Crippen molar-refractivity contribution in [1.29, 1.82) is 0 Å². The molecule has 1 aromatic carbocycles. The van der Waals surface area contributed by atoms with Gasteiger partial charge in [0.1, 0.15) is 5.82 Å². The van der Waals surface area contributed by atoms with E-state index in [0.717, 1.165) is 38.5 Å². The standard InChI is InChI=1S/C15H19FN2O/c16-14-4-2-1-3-11(14)7-15(19)18-6-5-12-8-17-9-13(12)10-18/h1-4,12-13,17H,5-10H2. The zero-order valence-corrected chi connectivity index (χ0v) is 10.9. The Labute approximate surface area is 112 Å². The fourth-order valence-corrected chi connectivity index (χ4v) is 3.18. The Hall–Kier alpha value is -1.42. The summed E-state index contributed by atoms with van der Waals surface area (Å²) < 4.78 is 13.6. The van der Waals surface area contributed by atoms with Gasteiger partial charge < -0.3 is 10.2 Å². The number of amides is 1. The number of halogens is 1.